The molecule has 2 aliphatic rings. The van der Waals surface area contributed by atoms with Crippen LogP contribution in [0.5, 0.6) is 0 Å². The van der Waals surface area contributed by atoms with Crippen molar-refractivity contribution in [3.63, 3.8) is 0 Å². The van der Waals surface area contributed by atoms with Crippen molar-refractivity contribution < 1.29 is 9.59 Å². The minimum absolute atomic E-state index is 0.179. The summed E-state index contributed by atoms with van der Waals surface area (Å²) in [5.74, 6) is -0.442. The zero-order valence-corrected chi connectivity index (χ0v) is 14.4. The molecule has 0 spiro atoms. The van der Waals surface area contributed by atoms with E-state index in [1.165, 1.54) is 6.42 Å². The Morgan fingerprint density at radius 3 is 2.67 bits per heavy atom. The normalized spacial score (nSPS) is 21.3. The van der Waals surface area contributed by atoms with Gasteiger partial charge in [-0.25, -0.2) is 4.79 Å². The second-order valence-corrected chi connectivity index (χ2v) is 6.55. The van der Waals surface area contributed by atoms with Gasteiger partial charge in [-0.05, 0) is 25.8 Å². The Hall–Kier alpha value is -1.95. The molecule has 1 heterocycles. The van der Waals surface area contributed by atoms with Gasteiger partial charge in [-0.1, -0.05) is 54.3 Å². The highest BCUT2D eigenvalue weighted by atomic mass is 35.5. The average molecular weight is 349 g/mol. The SMILES string of the molecule is CCN(C(=O)N1N=NC(c2ccccc2Cl)C1=O)C1CCCCC1. The van der Waals surface area contributed by atoms with Crippen molar-refractivity contribution >= 4 is 23.5 Å². The number of hydrogen-bond acceptors (Lipinski definition) is 4. The van der Waals surface area contributed by atoms with Crippen LogP contribution in [0.25, 0.3) is 0 Å². The van der Waals surface area contributed by atoms with Crippen LogP contribution >= 0.6 is 11.6 Å². The minimum atomic E-state index is -0.840. The second-order valence-electron chi connectivity index (χ2n) is 6.14. The summed E-state index contributed by atoms with van der Waals surface area (Å²) in [7, 11) is 0. The predicted octanol–water partition coefficient (Wildman–Crippen LogP) is 4.37. The minimum Gasteiger partial charge on any atom is -0.320 e. The Bertz CT molecular complexity index is 658. The Morgan fingerprint density at radius 2 is 2.00 bits per heavy atom. The maximum atomic E-state index is 12.8. The summed E-state index contributed by atoms with van der Waals surface area (Å²) in [6.07, 6.45) is 5.40. The van der Waals surface area contributed by atoms with Gasteiger partial charge in [-0.15, -0.1) is 5.01 Å². The standard InChI is InChI=1S/C17H21ClN4O2/c1-2-21(12-8-4-3-5-9-12)17(24)22-16(23)15(19-20-22)13-10-6-7-11-14(13)18/h6-7,10-12,15H,2-5,8-9H2,1H3. The van der Waals surface area contributed by atoms with Crippen molar-refractivity contribution in [1.29, 1.82) is 0 Å². The van der Waals surface area contributed by atoms with Gasteiger partial charge in [0.15, 0.2) is 6.04 Å². The molecule has 128 valence electrons. The number of carbonyl (C=O) groups excluding carboxylic acids is 2. The van der Waals surface area contributed by atoms with E-state index >= 15 is 0 Å². The summed E-state index contributed by atoms with van der Waals surface area (Å²) in [6.45, 7) is 2.48. The average Bonchev–Trinajstić information content (AvgIpc) is 2.98. The van der Waals surface area contributed by atoms with E-state index in [-0.39, 0.29) is 12.1 Å². The molecule has 24 heavy (non-hydrogen) atoms. The first-order valence-electron chi connectivity index (χ1n) is 8.43. The predicted molar refractivity (Wildman–Crippen MR) is 90.5 cm³/mol. The van der Waals surface area contributed by atoms with Gasteiger partial charge in [-0.2, -0.15) is 5.11 Å². The quantitative estimate of drug-likeness (QED) is 0.814. The topological polar surface area (TPSA) is 65.3 Å². The lowest BCUT2D eigenvalue weighted by atomic mass is 9.94. The van der Waals surface area contributed by atoms with Crippen LogP contribution in [-0.4, -0.2) is 34.4 Å². The molecule has 1 fully saturated rings. The van der Waals surface area contributed by atoms with Crippen molar-refractivity contribution in [3.05, 3.63) is 34.9 Å². The van der Waals surface area contributed by atoms with Crippen LogP contribution < -0.4 is 0 Å². The van der Waals surface area contributed by atoms with Crippen LogP contribution in [-0.2, 0) is 4.79 Å². The van der Waals surface area contributed by atoms with Crippen molar-refractivity contribution in [2.45, 2.75) is 51.1 Å². The molecule has 1 aliphatic heterocycles. The molecule has 3 rings (SSSR count). The molecule has 7 heteroatoms. The molecular weight excluding hydrogens is 328 g/mol. The first-order valence-corrected chi connectivity index (χ1v) is 8.81. The van der Waals surface area contributed by atoms with Crippen LogP contribution in [0.3, 0.4) is 0 Å². The van der Waals surface area contributed by atoms with Crippen molar-refractivity contribution in [3.8, 4) is 0 Å². The van der Waals surface area contributed by atoms with Gasteiger partial charge < -0.3 is 4.90 Å². The van der Waals surface area contributed by atoms with Gasteiger partial charge in [0.05, 0.1) is 0 Å². The number of amides is 3. The molecule has 0 saturated heterocycles. The van der Waals surface area contributed by atoms with Crippen molar-refractivity contribution in [2.24, 2.45) is 10.3 Å². The largest absolute Gasteiger partial charge is 0.349 e. The molecule has 0 radical (unpaired) electrons. The molecule has 1 aromatic rings. The zero-order chi connectivity index (χ0) is 17.1. The summed E-state index contributed by atoms with van der Waals surface area (Å²) in [5.41, 5.74) is 0.573. The number of nitrogens with zero attached hydrogens (tertiary/aromatic N) is 4. The second kappa shape index (κ2) is 7.30. The Kier molecular flexibility index (Phi) is 5.14. The third kappa shape index (κ3) is 3.15. The third-order valence-electron chi connectivity index (χ3n) is 4.68. The number of halogens is 1. The van der Waals surface area contributed by atoms with Crippen LogP contribution in [0.2, 0.25) is 5.02 Å². The van der Waals surface area contributed by atoms with Gasteiger partial charge >= 0.3 is 6.03 Å². The molecular formula is C17H21ClN4O2. The fraction of sp³-hybridized carbons (Fsp3) is 0.529. The highest BCUT2D eigenvalue weighted by molar-refractivity contribution is 6.31. The monoisotopic (exact) mass is 348 g/mol. The molecule has 1 atom stereocenters. The fourth-order valence-electron chi connectivity index (χ4n) is 3.40. The molecule has 3 amide bonds. The van der Waals surface area contributed by atoms with E-state index < -0.39 is 11.9 Å². The number of benzene rings is 1. The zero-order valence-electron chi connectivity index (χ0n) is 13.7. The molecule has 0 N–H and O–H groups in total. The lowest BCUT2D eigenvalue weighted by molar-refractivity contribution is -0.128. The lowest BCUT2D eigenvalue weighted by Gasteiger charge is -2.34. The van der Waals surface area contributed by atoms with Crippen LogP contribution in [0.15, 0.2) is 34.6 Å². The van der Waals surface area contributed by atoms with E-state index in [9.17, 15) is 9.59 Å². The Labute approximate surface area is 146 Å². The van der Waals surface area contributed by atoms with E-state index in [2.05, 4.69) is 10.3 Å². The highest BCUT2D eigenvalue weighted by Gasteiger charge is 2.40. The fourth-order valence-corrected chi connectivity index (χ4v) is 3.64. The summed E-state index contributed by atoms with van der Waals surface area (Å²) in [4.78, 5) is 27.2. The summed E-state index contributed by atoms with van der Waals surface area (Å²) < 4.78 is 0. The van der Waals surface area contributed by atoms with Gasteiger partial charge in [0, 0.05) is 23.2 Å². The maximum absolute atomic E-state index is 12.8. The number of carbonyl (C=O) groups is 2. The summed E-state index contributed by atoms with van der Waals surface area (Å²) in [5, 5.41) is 9.16. The van der Waals surface area contributed by atoms with E-state index in [1.807, 2.05) is 6.92 Å². The number of hydrogen-bond donors (Lipinski definition) is 0. The molecule has 6 nitrogen and oxygen atoms in total. The molecule has 1 aliphatic carbocycles. The molecule has 0 aromatic heterocycles. The van der Waals surface area contributed by atoms with Gasteiger partial charge in [0.2, 0.25) is 0 Å². The Balaban J connectivity index is 1.76. The van der Waals surface area contributed by atoms with Gasteiger partial charge in [0.25, 0.3) is 5.91 Å². The van der Waals surface area contributed by atoms with Crippen molar-refractivity contribution in [1.82, 2.24) is 9.91 Å². The summed E-state index contributed by atoms with van der Waals surface area (Å²) in [6, 6.07) is 5.96. The van der Waals surface area contributed by atoms with E-state index in [0.717, 1.165) is 30.7 Å². The molecule has 0 bridgehead atoms. The van der Waals surface area contributed by atoms with E-state index in [4.69, 9.17) is 11.6 Å². The third-order valence-corrected chi connectivity index (χ3v) is 5.03. The van der Waals surface area contributed by atoms with Gasteiger partial charge in [0.1, 0.15) is 0 Å². The molecule has 1 unspecified atom stereocenters. The van der Waals surface area contributed by atoms with E-state index in [1.54, 1.807) is 29.2 Å². The maximum Gasteiger partial charge on any atom is 0.349 e. The first kappa shape index (κ1) is 16.9. The highest BCUT2D eigenvalue weighted by Crippen LogP contribution is 2.32. The molecule has 1 aromatic carbocycles. The lowest BCUT2D eigenvalue weighted by Crippen LogP contribution is -2.48. The number of urea groups is 1. The van der Waals surface area contributed by atoms with Crippen LogP contribution in [0.1, 0.15) is 50.6 Å². The Morgan fingerprint density at radius 1 is 1.29 bits per heavy atom. The van der Waals surface area contributed by atoms with Crippen molar-refractivity contribution in [2.75, 3.05) is 6.54 Å². The number of rotatable bonds is 3. The first-order chi connectivity index (χ1) is 11.6. The van der Waals surface area contributed by atoms with Crippen LogP contribution in [0, 0.1) is 0 Å². The number of imide groups is 1. The van der Waals surface area contributed by atoms with Crippen LogP contribution in [0.4, 0.5) is 4.79 Å². The molecule has 1 saturated carbocycles. The van der Waals surface area contributed by atoms with E-state index in [0.29, 0.717) is 17.1 Å². The smallest absolute Gasteiger partial charge is 0.320 e. The summed E-state index contributed by atoms with van der Waals surface area (Å²) >= 11 is 6.14. The van der Waals surface area contributed by atoms with Gasteiger partial charge in [-0.3, -0.25) is 4.79 Å².